The highest BCUT2D eigenvalue weighted by Gasteiger charge is 2.33. The molecule has 156 valence electrons. The first-order valence-electron chi connectivity index (χ1n) is 9.32. The van der Waals surface area contributed by atoms with Gasteiger partial charge in [-0.05, 0) is 45.7 Å². The number of hydrogen-bond donors (Lipinski definition) is 2. The SMILES string of the molecule is CN(C)S(=O)(=O)N1CCC[C@H](C(=O)Nc2ccccc2C(=O)NC(C)(C)C)C1. The van der Waals surface area contributed by atoms with Crippen LogP contribution in [0.4, 0.5) is 5.69 Å². The van der Waals surface area contributed by atoms with Crippen molar-refractivity contribution >= 4 is 27.7 Å². The summed E-state index contributed by atoms with van der Waals surface area (Å²) in [6, 6.07) is 6.80. The predicted molar refractivity (Wildman–Crippen MR) is 109 cm³/mol. The van der Waals surface area contributed by atoms with Crippen LogP contribution in [-0.2, 0) is 15.0 Å². The van der Waals surface area contributed by atoms with Crippen LogP contribution in [0.15, 0.2) is 24.3 Å². The topological polar surface area (TPSA) is 98.8 Å². The summed E-state index contributed by atoms with van der Waals surface area (Å²) in [5.74, 6) is -1.03. The minimum absolute atomic E-state index is 0.128. The van der Waals surface area contributed by atoms with E-state index in [-0.39, 0.29) is 18.4 Å². The lowest BCUT2D eigenvalue weighted by Crippen LogP contribution is -2.47. The third kappa shape index (κ3) is 5.52. The van der Waals surface area contributed by atoms with Crippen molar-refractivity contribution in [3.63, 3.8) is 0 Å². The summed E-state index contributed by atoms with van der Waals surface area (Å²) in [5.41, 5.74) is 0.389. The molecule has 0 saturated carbocycles. The summed E-state index contributed by atoms with van der Waals surface area (Å²) in [5, 5.41) is 5.70. The Balaban J connectivity index is 2.14. The van der Waals surface area contributed by atoms with E-state index in [9.17, 15) is 18.0 Å². The number of anilines is 1. The van der Waals surface area contributed by atoms with Crippen molar-refractivity contribution in [3.8, 4) is 0 Å². The summed E-state index contributed by atoms with van der Waals surface area (Å²) in [6.45, 7) is 6.17. The third-order valence-corrected chi connectivity index (χ3v) is 6.37. The van der Waals surface area contributed by atoms with Gasteiger partial charge in [0.15, 0.2) is 0 Å². The van der Waals surface area contributed by atoms with Gasteiger partial charge in [-0.1, -0.05) is 12.1 Å². The highest BCUT2D eigenvalue weighted by atomic mass is 32.2. The number of nitrogens with one attached hydrogen (secondary N) is 2. The lowest BCUT2D eigenvalue weighted by Gasteiger charge is -2.32. The number of para-hydroxylation sites is 1. The van der Waals surface area contributed by atoms with Crippen LogP contribution in [0.2, 0.25) is 0 Å². The van der Waals surface area contributed by atoms with Gasteiger partial charge in [0, 0.05) is 32.7 Å². The molecule has 0 unspecified atom stereocenters. The third-order valence-electron chi connectivity index (χ3n) is 4.46. The van der Waals surface area contributed by atoms with Gasteiger partial charge < -0.3 is 10.6 Å². The van der Waals surface area contributed by atoms with Crippen molar-refractivity contribution in [3.05, 3.63) is 29.8 Å². The second kappa shape index (κ2) is 8.59. The van der Waals surface area contributed by atoms with Gasteiger partial charge >= 0.3 is 0 Å². The van der Waals surface area contributed by atoms with E-state index in [1.807, 2.05) is 20.8 Å². The summed E-state index contributed by atoms with van der Waals surface area (Å²) < 4.78 is 27.2. The zero-order valence-electron chi connectivity index (χ0n) is 17.2. The van der Waals surface area contributed by atoms with E-state index in [4.69, 9.17) is 0 Å². The molecule has 8 nitrogen and oxygen atoms in total. The van der Waals surface area contributed by atoms with Crippen LogP contribution in [0.3, 0.4) is 0 Å². The maximum absolute atomic E-state index is 12.8. The summed E-state index contributed by atoms with van der Waals surface area (Å²) in [7, 11) is -0.608. The van der Waals surface area contributed by atoms with Gasteiger partial charge in [0.1, 0.15) is 0 Å². The van der Waals surface area contributed by atoms with E-state index in [2.05, 4.69) is 10.6 Å². The van der Waals surface area contributed by atoms with Gasteiger partial charge in [-0.3, -0.25) is 9.59 Å². The van der Waals surface area contributed by atoms with Crippen LogP contribution in [0.5, 0.6) is 0 Å². The summed E-state index contributed by atoms with van der Waals surface area (Å²) in [6.07, 6.45) is 1.21. The minimum atomic E-state index is -3.56. The fraction of sp³-hybridized carbons (Fsp3) is 0.579. The normalized spacial score (nSPS) is 18.7. The van der Waals surface area contributed by atoms with Gasteiger partial charge in [0.25, 0.3) is 16.1 Å². The molecule has 0 radical (unpaired) electrons. The lowest BCUT2D eigenvalue weighted by atomic mass is 9.98. The standard InChI is InChI=1S/C19H30N4O4S/c1-19(2,3)21-18(25)15-10-6-7-11-16(15)20-17(24)14-9-8-12-23(13-14)28(26,27)22(4)5/h6-7,10-11,14H,8-9,12-13H2,1-5H3,(H,20,24)(H,21,25)/t14-/m0/s1. The minimum Gasteiger partial charge on any atom is -0.347 e. The molecule has 1 saturated heterocycles. The van der Waals surface area contributed by atoms with Gasteiger partial charge in [-0.15, -0.1) is 0 Å². The molecule has 0 aromatic heterocycles. The van der Waals surface area contributed by atoms with Gasteiger partial charge in [0.2, 0.25) is 5.91 Å². The van der Waals surface area contributed by atoms with Gasteiger partial charge in [-0.2, -0.15) is 17.0 Å². The second-order valence-corrected chi connectivity index (χ2v) is 10.4. The quantitative estimate of drug-likeness (QED) is 0.771. The zero-order valence-corrected chi connectivity index (χ0v) is 18.0. The molecule has 28 heavy (non-hydrogen) atoms. The van der Waals surface area contributed by atoms with E-state index < -0.39 is 21.7 Å². The number of rotatable bonds is 5. The average Bonchev–Trinajstić information content (AvgIpc) is 2.60. The number of carbonyl (C=O) groups is 2. The Labute approximate surface area is 167 Å². The second-order valence-electron chi connectivity index (χ2n) is 8.23. The number of benzene rings is 1. The molecular formula is C19H30N4O4S. The Morgan fingerprint density at radius 1 is 1.18 bits per heavy atom. The van der Waals surface area contributed by atoms with Crippen LogP contribution in [0.25, 0.3) is 0 Å². The van der Waals surface area contributed by atoms with E-state index >= 15 is 0 Å². The van der Waals surface area contributed by atoms with Crippen molar-refractivity contribution < 1.29 is 18.0 Å². The molecule has 2 N–H and O–H groups in total. The molecule has 2 rings (SSSR count). The molecular weight excluding hydrogens is 380 g/mol. The Bertz CT molecular complexity index is 831. The number of piperidine rings is 1. The van der Waals surface area contributed by atoms with Crippen LogP contribution in [-0.4, -0.2) is 61.6 Å². The lowest BCUT2D eigenvalue weighted by molar-refractivity contribution is -0.120. The molecule has 0 spiro atoms. The van der Waals surface area contributed by atoms with Crippen molar-refractivity contribution in [1.29, 1.82) is 0 Å². The number of hydrogen-bond acceptors (Lipinski definition) is 4. The first-order valence-corrected chi connectivity index (χ1v) is 10.7. The first kappa shape index (κ1) is 22.3. The molecule has 1 aliphatic heterocycles. The Kier molecular flexibility index (Phi) is 6.84. The van der Waals surface area contributed by atoms with E-state index in [0.29, 0.717) is 30.6 Å². The molecule has 1 atom stereocenters. The molecule has 0 bridgehead atoms. The Morgan fingerprint density at radius 2 is 1.82 bits per heavy atom. The Morgan fingerprint density at radius 3 is 2.43 bits per heavy atom. The fourth-order valence-electron chi connectivity index (χ4n) is 3.03. The molecule has 2 amide bonds. The van der Waals surface area contributed by atoms with E-state index in [0.717, 1.165) is 4.31 Å². The molecule has 1 aliphatic rings. The molecule has 1 aromatic carbocycles. The largest absolute Gasteiger partial charge is 0.347 e. The maximum atomic E-state index is 12.8. The highest BCUT2D eigenvalue weighted by molar-refractivity contribution is 7.86. The van der Waals surface area contributed by atoms with Crippen molar-refractivity contribution in [2.75, 3.05) is 32.5 Å². The van der Waals surface area contributed by atoms with Gasteiger partial charge in [-0.25, -0.2) is 0 Å². The van der Waals surface area contributed by atoms with Crippen molar-refractivity contribution in [2.24, 2.45) is 5.92 Å². The summed E-state index contributed by atoms with van der Waals surface area (Å²) in [4.78, 5) is 25.3. The molecule has 1 aromatic rings. The number of carbonyl (C=O) groups excluding carboxylic acids is 2. The van der Waals surface area contributed by atoms with Crippen molar-refractivity contribution in [1.82, 2.24) is 13.9 Å². The summed E-state index contributed by atoms with van der Waals surface area (Å²) >= 11 is 0. The van der Waals surface area contributed by atoms with Gasteiger partial charge in [0.05, 0.1) is 17.2 Å². The number of nitrogens with zero attached hydrogens (tertiary/aromatic N) is 2. The van der Waals surface area contributed by atoms with Crippen LogP contribution in [0.1, 0.15) is 44.0 Å². The van der Waals surface area contributed by atoms with Crippen LogP contribution >= 0.6 is 0 Å². The first-order chi connectivity index (χ1) is 12.9. The van der Waals surface area contributed by atoms with Crippen molar-refractivity contribution in [2.45, 2.75) is 39.2 Å². The molecule has 1 fully saturated rings. The smallest absolute Gasteiger partial charge is 0.281 e. The molecule has 9 heteroatoms. The van der Waals surface area contributed by atoms with Crippen LogP contribution in [0, 0.1) is 5.92 Å². The van der Waals surface area contributed by atoms with E-state index in [1.54, 1.807) is 24.3 Å². The average molecular weight is 411 g/mol. The monoisotopic (exact) mass is 410 g/mol. The molecule has 1 heterocycles. The fourth-order valence-corrected chi connectivity index (χ4v) is 4.22. The highest BCUT2D eigenvalue weighted by Crippen LogP contribution is 2.23. The predicted octanol–water partition coefficient (Wildman–Crippen LogP) is 1.67. The van der Waals surface area contributed by atoms with Crippen LogP contribution < -0.4 is 10.6 Å². The number of amides is 2. The zero-order chi connectivity index (χ0) is 21.1. The van der Waals surface area contributed by atoms with E-state index in [1.165, 1.54) is 18.4 Å². The maximum Gasteiger partial charge on any atom is 0.281 e. The Hall–Kier alpha value is -1.97. The molecule has 0 aliphatic carbocycles.